The molecular weight excluding hydrogens is 354 g/mol. The molecule has 2 rings (SSSR count). The Bertz CT molecular complexity index is 627. The van der Waals surface area contributed by atoms with Gasteiger partial charge in [0.25, 0.3) is 0 Å². The van der Waals surface area contributed by atoms with Crippen LogP contribution in [0, 0.1) is 13.8 Å². The molecule has 0 fully saturated rings. The molecule has 2 atom stereocenters. The Morgan fingerprint density at radius 1 is 1.17 bits per heavy atom. The predicted octanol–water partition coefficient (Wildman–Crippen LogP) is 3.95. The van der Waals surface area contributed by atoms with Crippen LogP contribution in [-0.4, -0.2) is 22.3 Å². The van der Waals surface area contributed by atoms with Crippen LogP contribution in [0.25, 0.3) is 0 Å². The van der Waals surface area contributed by atoms with Crippen molar-refractivity contribution in [3.63, 3.8) is 0 Å². The zero-order chi connectivity index (χ0) is 17.4. The number of rotatable bonds is 4. The number of ketones is 1. The molecule has 0 radical (unpaired) electrons. The molecule has 0 aliphatic carbocycles. The summed E-state index contributed by atoms with van der Waals surface area (Å²) in [5.41, 5.74) is 9.59. The Hall–Kier alpha value is -1.49. The first-order valence-corrected chi connectivity index (χ1v) is 8.64. The number of carbonyl (C=O) groups excluding carboxylic acids is 1. The number of hydrogen-bond donors (Lipinski definition) is 2. The van der Waals surface area contributed by atoms with Crippen LogP contribution in [0.15, 0.2) is 48.5 Å². The number of aryl methyl sites for hydroxylation is 2. The largest absolute Gasteiger partial charge is 0.387 e. The Balaban J connectivity index is 0.000000238. The maximum atomic E-state index is 11.0. The lowest BCUT2D eigenvalue weighted by atomic mass is 9.97. The van der Waals surface area contributed by atoms with Crippen molar-refractivity contribution in [1.82, 2.24) is 0 Å². The van der Waals surface area contributed by atoms with Gasteiger partial charge < -0.3 is 10.8 Å². The zero-order valence-electron chi connectivity index (χ0n) is 13.8. The third kappa shape index (κ3) is 6.26. The third-order valence-corrected chi connectivity index (χ3v) is 3.98. The Morgan fingerprint density at radius 2 is 1.78 bits per heavy atom. The van der Waals surface area contributed by atoms with Gasteiger partial charge in [-0.15, -0.1) is 0 Å². The zero-order valence-corrected chi connectivity index (χ0v) is 15.4. The minimum atomic E-state index is -0.556. The van der Waals surface area contributed by atoms with Crippen molar-refractivity contribution in [2.45, 2.75) is 32.9 Å². The van der Waals surface area contributed by atoms with Crippen LogP contribution in [-0.2, 0) is 0 Å². The number of halogens is 1. The number of hydrogen-bond acceptors (Lipinski definition) is 3. The Labute approximate surface area is 146 Å². The smallest absolute Gasteiger partial charge is 0.173 e. The van der Waals surface area contributed by atoms with Gasteiger partial charge in [-0.3, -0.25) is 4.79 Å². The summed E-state index contributed by atoms with van der Waals surface area (Å²) in [4.78, 5) is 11.0. The standard InChI is InChI=1S/C11H17NO.C8H7BrO/c1-7-4-5-8(2)10(6-7)11(13)9(3)12;9-6-8(10)7-4-2-1-3-5-7/h4-6,9,11,13H,12H2,1-3H3;1-5H,6H2/t9-,11-;/m1./s1. The average Bonchev–Trinajstić information content (AvgIpc) is 2.57. The van der Waals surface area contributed by atoms with Gasteiger partial charge in [0.2, 0.25) is 0 Å². The minimum Gasteiger partial charge on any atom is -0.387 e. The molecule has 0 spiro atoms. The second kappa shape index (κ2) is 9.60. The molecule has 2 aromatic rings. The maximum Gasteiger partial charge on any atom is 0.173 e. The van der Waals surface area contributed by atoms with Crippen LogP contribution < -0.4 is 5.73 Å². The SMILES string of the molecule is Cc1ccc(C)c([C@H](O)[C@@H](C)N)c1.O=C(CBr)c1ccccc1. The van der Waals surface area contributed by atoms with E-state index in [0.29, 0.717) is 5.33 Å². The fraction of sp³-hybridized carbons (Fsp3) is 0.316. The average molecular weight is 378 g/mol. The van der Waals surface area contributed by atoms with E-state index in [9.17, 15) is 9.90 Å². The topological polar surface area (TPSA) is 63.3 Å². The Morgan fingerprint density at radius 3 is 2.30 bits per heavy atom. The molecule has 3 nitrogen and oxygen atoms in total. The van der Waals surface area contributed by atoms with Crippen molar-refractivity contribution in [3.8, 4) is 0 Å². The van der Waals surface area contributed by atoms with Gasteiger partial charge in [-0.1, -0.05) is 70.0 Å². The normalized spacial score (nSPS) is 12.8. The van der Waals surface area contributed by atoms with Crippen molar-refractivity contribution < 1.29 is 9.90 Å². The molecule has 0 saturated heterocycles. The molecule has 0 aliphatic heterocycles. The highest BCUT2D eigenvalue weighted by atomic mass is 79.9. The quantitative estimate of drug-likeness (QED) is 0.626. The first-order valence-electron chi connectivity index (χ1n) is 7.51. The third-order valence-electron chi connectivity index (χ3n) is 3.47. The highest BCUT2D eigenvalue weighted by Crippen LogP contribution is 2.20. The number of aliphatic hydroxyl groups excluding tert-OH is 1. The van der Waals surface area contributed by atoms with E-state index >= 15 is 0 Å². The number of benzene rings is 2. The van der Waals surface area contributed by atoms with E-state index in [2.05, 4.69) is 15.9 Å². The molecule has 0 heterocycles. The summed E-state index contributed by atoms with van der Waals surface area (Å²) >= 11 is 3.10. The minimum absolute atomic E-state index is 0.126. The van der Waals surface area contributed by atoms with Gasteiger partial charge in [0, 0.05) is 11.6 Å². The summed E-state index contributed by atoms with van der Waals surface area (Å²) < 4.78 is 0. The Kier molecular flexibility index (Phi) is 8.17. The van der Waals surface area contributed by atoms with E-state index in [0.717, 1.165) is 22.3 Å². The molecule has 4 heteroatoms. The lowest BCUT2D eigenvalue weighted by Gasteiger charge is -2.17. The van der Waals surface area contributed by atoms with Crippen molar-refractivity contribution in [3.05, 3.63) is 70.8 Å². The van der Waals surface area contributed by atoms with Crippen molar-refractivity contribution >= 4 is 21.7 Å². The van der Waals surface area contributed by atoms with Crippen LogP contribution in [0.4, 0.5) is 0 Å². The van der Waals surface area contributed by atoms with Gasteiger partial charge in [0.05, 0.1) is 11.4 Å². The number of aliphatic hydroxyl groups is 1. The van der Waals surface area contributed by atoms with Gasteiger partial charge in [-0.05, 0) is 31.9 Å². The highest BCUT2D eigenvalue weighted by molar-refractivity contribution is 9.09. The summed E-state index contributed by atoms with van der Waals surface area (Å²) in [7, 11) is 0. The molecule has 0 bridgehead atoms. The second-order valence-corrected chi connectivity index (χ2v) is 6.15. The fourth-order valence-electron chi connectivity index (χ4n) is 2.06. The predicted molar refractivity (Wildman–Crippen MR) is 99.1 cm³/mol. The van der Waals surface area contributed by atoms with Gasteiger partial charge in [0.15, 0.2) is 5.78 Å². The summed E-state index contributed by atoms with van der Waals surface area (Å²) in [6.45, 7) is 5.81. The van der Waals surface area contributed by atoms with E-state index in [1.165, 1.54) is 0 Å². The lowest BCUT2D eigenvalue weighted by Crippen LogP contribution is -2.25. The first kappa shape index (κ1) is 19.6. The van der Waals surface area contributed by atoms with E-state index < -0.39 is 6.10 Å². The second-order valence-electron chi connectivity index (χ2n) is 5.59. The van der Waals surface area contributed by atoms with Crippen molar-refractivity contribution in [1.29, 1.82) is 0 Å². The van der Waals surface area contributed by atoms with Crippen LogP contribution in [0.1, 0.15) is 40.1 Å². The molecule has 3 N–H and O–H groups in total. The van der Waals surface area contributed by atoms with Gasteiger partial charge in [-0.2, -0.15) is 0 Å². The summed E-state index contributed by atoms with van der Waals surface area (Å²) in [5.74, 6) is 0.126. The molecular formula is C19H24BrNO2. The van der Waals surface area contributed by atoms with Gasteiger partial charge in [-0.25, -0.2) is 0 Å². The molecule has 124 valence electrons. The molecule has 0 amide bonds. The van der Waals surface area contributed by atoms with Gasteiger partial charge in [0.1, 0.15) is 0 Å². The maximum absolute atomic E-state index is 11.0. The monoisotopic (exact) mass is 377 g/mol. The van der Waals surface area contributed by atoms with Crippen LogP contribution in [0.2, 0.25) is 0 Å². The van der Waals surface area contributed by atoms with E-state index in [4.69, 9.17) is 5.73 Å². The van der Waals surface area contributed by atoms with E-state index in [1.54, 1.807) is 0 Å². The van der Waals surface area contributed by atoms with Crippen molar-refractivity contribution in [2.24, 2.45) is 5.73 Å². The lowest BCUT2D eigenvalue weighted by molar-refractivity contribution is 0.102. The number of alkyl halides is 1. The van der Waals surface area contributed by atoms with Crippen LogP contribution in [0.5, 0.6) is 0 Å². The molecule has 2 aromatic carbocycles. The fourth-order valence-corrected chi connectivity index (χ4v) is 2.39. The van der Waals surface area contributed by atoms with Gasteiger partial charge >= 0.3 is 0 Å². The molecule has 0 saturated carbocycles. The molecule has 23 heavy (non-hydrogen) atoms. The summed E-state index contributed by atoms with van der Waals surface area (Å²) in [6.07, 6.45) is -0.556. The molecule has 0 unspecified atom stereocenters. The first-order chi connectivity index (χ1) is 10.9. The highest BCUT2D eigenvalue weighted by Gasteiger charge is 2.14. The summed E-state index contributed by atoms with van der Waals surface area (Å²) in [6, 6.07) is 15.0. The molecule has 0 aromatic heterocycles. The summed E-state index contributed by atoms with van der Waals surface area (Å²) in [5, 5.41) is 10.2. The number of Topliss-reactive ketones (excluding diaryl/α,β-unsaturated/α-hetero) is 1. The van der Waals surface area contributed by atoms with E-state index in [-0.39, 0.29) is 11.8 Å². The van der Waals surface area contributed by atoms with Crippen LogP contribution >= 0.6 is 15.9 Å². The number of nitrogens with two attached hydrogens (primary N) is 1. The van der Waals surface area contributed by atoms with E-state index in [1.807, 2.05) is 69.3 Å². The van der Waals surface area contributed by atoms with Crippen molar-refractivity contribution in [2.75, 3.05) is 5.33 Å². The molecule has 0 aliphatic rings. The number of carbonyl (C=O) groups is 1. The van der Waals surface area contributed by atoms with Crippen LogP contribution in [0.3, 0.4) is 0 Å².